The van der Waals surface area contributed by atoms with Crippen LogP contribution in [0.4, 0.5) is 0 Å². The molecule has 0 aliphatic rings. The van der Waals surface area contributed by atoms with Crippen LogP contribution in [0.15, 0.2) is 48.5 Å². The van der Waals surface area contributed by atoms with Gasteiger partial charge in [0.05, 0.1) is 13.2 Å². The second kappa shape index (κ2) is 7.32. The Balaban J connectivity index is 0.000000199. The van der Waals surface area contributed by atoms with Gasteiger partial charge >= 0.3 is 0 Å². The van der Waals surface area contributed by atoms with E-state index < -0.39 is 0 Å². The van der Waals surface area contributed by atoms with Crippen molar-refractivity contribution in [2.45, 2.75) is 13.2 Å². The molecule has 2 rings (SSSR count). The minimum atomic E-state index is -0.247. The maximum atomic E-state index is 9.15. The summed E-state index contributed by atoms with van der Waals surface area (Å²) in [5, 5.41) is 35.3. The fraction of sp³-hybridized carbons (Fsp3) is 0.143. The van der Waals surface area contributed by atoms with Crippen molar-refractivity contribution in [2.75, 3.05) is 0 Å². The first-order valence-electron chi connectivity index (χ1n) is 5.44. The van der Waals surface area contributed by atoms with Crippen molar-refractivity contribution in [1.29, 1.82) is 0 Å². The highest BCUT2D eigenvalue weighted by Gasteiger charge is 2.03. The zero-order valence-corrected chi connectivity index (χ0v) is 9.82. The van der Waals surface area contributed by atoms with Crippen LogP contribution in [-0.2, 0) is 13.2 Å². The van der Waals surface area contributed by atoms with Gasteiger partial charge in [0.25, 0.3) is 0 Å². The molecule has 0 bridgehead atoms. The molecule has 2 aromatic rings. The Morgan fingerprint density at radius 2 is 1.39 bits per heavy atom. The summed E-state index contributed by atoms with van der Waals surface area (Å²) in [6, 6.07) is 13.5. The van der Waals surface area contributed by atoms with E-state index in [-0.39, 0.29) is 19.0 Å². The fourth-order valence-electron chi connectivity index (χ4n) is 1.38. The number of phenols is 2. The molecule has 4 nitrogen and oxygen atoms in total. The number of para-hydroxylation sites is 1. The Morgan fingerprint density at radius 3 is 1.78 bits per heavy atom. The third-order valence-corrected chi connectivity index (χ3v) is 2.33. The first-order valence-corrected chi connectivity index (χ1v) is 5.44. The Labute approximate surface area is 105 Å². The lowest BCUT2D eigenvalue weighted by Gasteiger charge is -2.05. The normalized spacial score (nSPS) is 9.44. The maximum Gasteiger partial charge on any atom is 0.121 e. The van der Waals surface area contributed by atoms with Gasteiger partial charge in [-0.25, -0.2) is 0 Å². The highest BCUT2D eigenvalue weighted by molar-refractivity contribution is 5.38. The highest BCUT2D eigenvalue weighted by Crippen LogP contribution is 2.20. The van der Waals surface area contributed by atoms with Gasteiger partial charge in [-0.2, -0.15) is 0 Å². The average molecular weight is 248 g/mol. The zero-order valence-electron chi connectivity index (χ0n) is 9.82. The molecule has 2 aromatic carbocycles. The zero-order chi connectivity index (χ0) is 13.4. The lowest BCUT2D eigenvalue weighted by molar-refractivity contribution is 0.255. The maximum absolute atomic E-state index is 9.15. The van der Waals surface area contributed by atoms with E-state index in [0.717, 1.165) is 0 Å². The fourth-order valence-corrected chi connectivity index (χ4v) is 1.38. The van der Waals surface area contributed by atoms with Crippen LogP contribution in [0.1, 0.15) is 11.1 Å². The molecule has 0 aliphatic carbocycles. The molecule has 0 unspecified atom stereocenters. The van der Waals surface area contributed by atoms with E-state index in [0.29, 0.717) is 16.9 Å². The molecule has 0 aromatic heterocycles. The van der Waals surface area contributed by atoms with Gasteiger partial charge in [-0.3, -0.25) is 0 Å². The van der Waals surface area contributed by atoms with Crippen LogP contribution in [-0.4, -0.2) is 20.4 Å². The number of benzene rings is 2. The van der Waals surface area contributed by atoms with Crippen molar-refractivity contribution >= 4 is 0 Å². The molecule has 96 valence electrons. The van der Waals surface area contributed by atoms with Crippen molar-refractivity contribution in [1.82, 2.24) is 0 Å². The molecule has 0 fully saturated rings. The molecule has 18 heavy (non-hydrogen) atoms. The summed E-state index contributed by atoms with van der Waals surface area (Å²) < 4.78 is 0. The molecule has 0 atom stereocenters. The molecule has 0 saturated heterocycles. The van der Waals surface area contributed by atoms with Gasteiger partial charge in [-0.05, 0) is 23.8 Å². The highest BCUT2D eigenvalue weighted by atomic mass is 16.3. The van der Waals surface area contributed by atoms with Crippen molar-refractivity contribution in [3.8, 4) is 11.5 Å². The summed E-state index contributed by atoms with van der Waals surface area (Å²) in [4.78, 5) is 0. The van der Waals surface area contributed by atoms with E-state index in [2.05, 4.69) is 0 Å². The third kappa shape index (κ3) is 4.08. The van der Waals surface area contributed by atoms with Crippen molar-refractivity contribution in [3.63, 3.8) is 0 Å². The SMILES string of the molecule is OCc1cccc(O)c1CO.Oc1ccccc1. The van der Waals surface area contributed by atoms with E-state index in [9.17, 15) is 0 Å². The number of phenolic OH excluding ortho intramolecular Hbond substituents is 1. The van der Waals surface area contributed by atoms with Gasteiger partial charge in [0.15, 0.2) is 0 Å². The van der Waals surface area contributed by atoms with E-state index in [4.69, 9.17) is 20.4 Å². The average Bonchev–Trinajstić information content (AvgIpc) is 2.40. The van der Waals surface area contributed by atoms with Crippen molar-refractivity contribution < 1.29 is 20.4 Å². The first-order chi connectivity index (χ1) is 8.69. The standard InChI is InChI=1S/C8H10O3.C6H6O/c9-4-6-2-1-3-8(11)7(6)5-10;7-6-4-2-1-3-5-6/h1-3,9-11H,4-5H2;1-5,7H. The third-order valence-electron chi connectivity index (χ3n) is 2.33. The summed E-state index contributed by atoms with van der Waals surface area (Å²) in [6.45, 7) is -0.410. The predicted octanol–water partition coefficient (Wildman–Crippen LogP) is 1.77. The van der Waals surface area contributed by atoms with Crippen LogP contribution < -0.4 is 0 Å². The van der Waals surface area contributed by atoms with Gasteiger partial charge < -0.3 is 20.4 Å². The van der Waals surface area contributed by atoms with Crippen LogP contribution in [0.25, 0.3) is 0 Å². The lowest BCUT2D eigenvalue weighted by Crippen LogP contribution is -1.93. The van der Waals surface area contributed by atoms with Gasteiger partial charge in [-0.1, -0.05) is 30.3 Å². The minimum absolute atomic E-state index is 0.0269. The number of aliphatic hydroxyl groups excluding tert-OH is 2. The van der Waals surface area contributed by atoms with Crippen molar-refractivity contribution in [2.24, 2.45) is 0 Å². The van der Waals surface area contributed by atoms with Crippen LogP contribution in [0.5, 0.6) is 11.5 Å². The lowest BCUT2D eigenvalue weighted by atomic mass is 10.1. The monoisotopic (exact) mass is 248 g/mol. The topological polar surface area (TPSA) is 80.9 Å². The molecule has 4 N–H and O–H groups in total. The molecule has 0 radical (unpaired) electrons. The van der Waals surface area contributed by atoms with Crippen LogP contribution in [0.2, 0.25) is 0 Å². The van der Waals surface area contributed by atoms with Crippen LogP contribution >= 0.6 is 0 Å². The van der Waals surface area contributed by atoms with Gasteiger partial charge in [0, 0.05) is 5.56 Å². The smallest absolute Gasteiger partial charge is 0.121 e. The molecule has 4 heteroatoms. The number of aromatic hydroxyl groups is 2. The Morgan fingerprint density at radius 1 is 0.722 bits per heavy atom. The Hall–Kier alpha value is -2.04. The second-order valence-electron chi connectivity index (χ2n) is 3.57. The number of rotatable bonds is 2. The van der Waals surface area contributed by atoms with Crippen LogP contribution in [0.3, 0.4) is 0 Å². The number of hydrogen-bond acceptors (Lipinski definition) is 4. The number of aliphatic hydroxyl groups is 2. The Kier molecular flexibility index (Phi) is 5.70. The van der Waals surface area contributed by atoms with E-state index in [1.165, 1.54) is 6.07 Å². The Bertz CT molecular complexity index is 468. The van der Waals surface area contributed by atoms with Gasteiger partial charge in [-0.15, -0.1) is 0 Å². The molecular weight excluding hydrogens is 232 g/mol. The van der Waals surface area contributed by atoms with Gasteiger partial charge in [0.1, 0.15) is 11.5 Å². The molecule has 0 spiro atoms. The molecule has 0 heterocycles. The summed E-state index contributed by atoms with van der Waals surface area (Å²) in [5.41, 5.74) is 0.961. The summed E-state index contributed by atoms with van der Waals surface area (Å²) in [7, 11) is 0. The molecule has 0 amide bonds. The van der Waals surface area contributed by atoms with Crippen molar-refractivity contribution in [3.05, 3.63) is 59.7 Å². The predicted molar refractivity (Wildman–Crippen MR) is 68.1 cm³/mol. The largest absolute Gasteiger partial charge is 0.508 e. The summed E-state index contributed by atoms with van der Waals surface area (Å²) >= 11 is 0. The quantitative estimate of drug-likeness (QED) is 0.653. The second-order valence-corrected chi connectivity index (χ2v) is 3.57. The van der Waals surface area contributed by atoms with E-state index >= 15 is 0 Å². The molecular formula is C14H16O4. The van der Waals surface area contributed by atoms with Gasteiger partial charge in [0.2, 0.25) is 0 Å². The van der Waals surface area contributed by atoms with E-state index in [1.807, 2.05) is 6.07 Å². The summed E-state index contributed by atoms with van der Waals surface area (Å²) in [6.07, 6.45) is 0. The first kappa shape index (κ1) is 14.0. The summed E-state index contributed by atoms with van der Waals surface area (Å²) in [5.74, 6) is 0.349. The minimum Gasteiger partial charge on any atom is -0.508 e. The van der Waals surface area contributed by atoms with E-state index in [1.54, 1.807) is 36.4 Å². The molecule has 0 saturated carbocycles. The van der Waals surface area contributed by atoms with Crippen LogP contribution in [0, 0.1) is 0 Å². The molecule has 0 aliphatic heterocycles. The number of hydrogen-bond donors (Lipinski definition) is 4.